The summed E-state index contributed by atoms with van der Waals surface area (Å²) in [5, 5.41) is 7.40. The van der Waals surface area contributed by atoms with Gasteiger partial charge in [0.2, 0.25) is 0 Å². The highest BCUT2D eigenvalue weighted by Gasteiger charge is 2.19. The van der Waals surface area contributed by atoms with Gasteiger partial charge in [0.15, 0.2) is 5.11 Å². The average Bonchev–Trinajstić information content (AvgIpc) is 2.45. The SMILES string of the molecule is CCOCCCNC(=S)NCC1CCC(CC)CC1. The fraction of sp³-hybridized carbons (Fsp3) is 0.933. The predicted octanol–water partition coefficient (Wildman–Crippen LogP) is 3.09. The van der Waals surface area contributed by atoms with Crippen molar-refractivity contribution in [3.05, 3.63) is 0 Å². The van der Waals surface area contributed by atoms with E-state index in [2.05, 4.69) is 17.6 Å². The van der Waals surface area contributed by atoms with Gasteiger partial charge < -0.3 is 15.4 Å². The van der Waals surface area contributed by atoms with Crippen LogP contribution in [0.2, 0.25) is 0 Å². The van der Waals surface area contributed by atoms with Gasteiger partial charge in [-0.3, -0.25) is 0 Å². The van der Waals surface area contributed by atoms with E-state index in [9.17, 15) is 0 Å². The molecule has 0 aliphatic heterocycles. The average molecular weight is 286 g/mol. The van der Waals surface area contributed by atoms with Gasteiger partial charge in [0.25, 0.3) is 0 Å². The van der Waals surface area contributed by atoms with E-state index in [0.29, 0.717) is 0 Å². The van der Waals surface area contributed by atoms with E-state index >= 15 is 0 Å². The Morgan fingerprint density at radius 3 is 2.42 bits per heavy atom. The first kappa shape index (κ1) is 16.7. The molecule has 1 fully saturated rings. The molecule has 1 saturated carbocycles. The molecule has 0 bridgehead atoms. The number of hydrogen-bond donors (Lipinski definition) is 2. The standard InChI is InChI=1S/C15H30N2OS/c1-3-13-6-8-14(9-7-13)12-17-15(19)16-10-5-11-18-4-2/h13-14H,3-12H2,1-2H3,(H2,16,17,19). The second-order valence-electron chi connectivity index (χ2n) is 5.48. The lowest BCUT2D eigenvalue weighted by atomic mass is 9.81. The number of hydrogen-bond acceptors (Lipinski definition) is 2. The third kappa shape index (κ3) is 7.73. The molecule has 2 N–H and O–H groups in total. The smallest absolute Gasteiger partial charge is 0.166 e. The molecular formula is C15H30N2OS. The monoisotopic (exact) mass is 286 g/mol. The van der Waals surface area contributed by atoms with E-state index in [1.54, 1.807) is 0 Å². The van der Waals surface area contributed by atoms with Crippen molar-refractivity contribution in [3.63, 3.8) is 0 Å². The van der Waals surface area contributed by atoms with Crippen molar-refractivity contribution in [2.75, 3.05) is 26.3 Å². The number of ether oxygens (including phenoxy) is 1. The fourth-order valence-electron chi connectivity index (χ4n) is 2.66. The predicted molar refractivity (Wildman–Crippen MR) is 85.5 cm³/mol. The zero-order valence-corrected chi connectivity index (χ0v) is 13.4. The summed E-state index contributed by atoms with van der Waals surface area (Å²) in [5.74, 6) is 1.78. The van der Waals surface area contributed by atoms with Gasteiger partial charge in [0.05, 0.1) is 0 Å². The lowest BCUT2D eigenvalue weighted by Crippen LogP contribution is -2.39. The largest absolute Gasteiger partial charge is 0.382 e. The second kappa shape index (κ2) is 10.4. The zero-order valence-electron chi connectivity index (χ0n) is 12.5. The summed E-state index contributed by atoms with van der Waals surface area (Å²) < 4.78 is 5.29. The summed E-state index contributed by atoms with van der Waals surface area (Å²) in [6.07, 6.45) is 7.88. The molecule has 0 unspecified atom stereocenters. The Kier molecular flexibility index (Phi) is 9.18. The first-order valence-electron chi connectivity index (χ1n) is 7.85. The van der Waals surface area contributed by atoms with Crippen molar-refractivity contribution in [1.82, 2.24) is 10.6 Å². The molecule has 3 nitrogen and oxygen atoms in total. The van der Waals surface area contributed by atoms with Crippen LogP contribution in [0.1, 0.15) is 52.4 Å². The molecule has 1 aliphatic carbocycles. The molecule has 1 rings (SSSR count). The van der Waals surface area contributed by atoms with Crippen molar-refractivity contribution in [2.45, 2.75) is 52.4 Å². The molecule has 1 aliphatic rings. The summed E-state index contributed by atoms with van der Waals surface area (Å²) in [6.45, 7) is 7.87. The van der Waals surface area contributed by atoms with Gasteiger partial charge in [-0.15, -0.1) is 0 Å². The Morgan fingerprint density at radius 2 is 1.79 bits per heavy atom. The molecule has 0 heterocycles. The minimum absolute atomic E-state index is 0.795. The topological polar surface area (TPSA) is 33.3 Å². The van der Waals surface area contributed by atoms with Crippen molar-refractivity contribution in [1.29, 1.82) is 0 Å². The Hall–Kier alpha value is -0.350. The summed E-state index contributed by atoms with van der Waals surface area (Å²) >= 11 is 5.28. The summed E-state index contributed by atoms with van der Waals surface area (Å²) in [7, 11) is 0. The Bertz CT molecular complexity index is 240. The van der Waals surface area contributed by atoms with Crippen LogP contribution in [0.15, 0.2) is 0 Å². The van der Waals surface area contributed by atoms with Crippen LogP contribution >= 0.6 is 12.2 Å². The highest BCUT2D eigenvalue weighted by atomic mass is 32.1. The normalized spacial score (nSPS) is 23.1. The molecule has 0 amide bonds. The quantitative estimate of drug-likeness (QED) is 0.531. The van der Waals surface area contributed by atoms with Gasteiger partial charge in [0.1, 0.15) is 0 Å². The van der Waals surface area contributed by atoms with Gasteiger partial charge in [-0.1, -0.05) is 26.2 Å². The number of thiocarbonyl (C=S) groups is 1. The maximum atomic E-state index is 5.29. The molecule has 4 heteroatoms. The Morgan fingerprint density at radius 1 is 1.11 bits per heavy atom. The van der Waals surface area contributed by atoms with Gasteiger partial charge in [0, 0.05) is 26.3 Å². The van der Waals surface area contributed by atoms with E-state index in [4.69, 9.17) is 17.0 Å². The van der Waals surface area contributed by atoms with Gasteiger partial charge in [-0.05, 0) is 50.2 Å². The van der Waals surface area contributed by atoms with Crippen LogP contribution < -0.4 is 10.6 Å². The second-order valence-corrected chi connectivity index (χ2v) is 5.89. The lowest BCUT2D eigenvalue weighted by molar-refractivity contribution is 0.145. The molecule has 19 heavy (non-hydrogen) atoms. The van der Waals surface area contributed by atoms with Crippen molar-refractivity contribution < 1.29 is 4.74 Å². The van der Waals surface area contributed by atoms with Crippen LogP contribution in [0.25, 0.3) is 0 Å². The van der Waals surface area contributed by atoms with Crippen molar-refractivity contribution in [3.8, 4) is 0 Å². The van der Waals surface area contributed by atoms with Gasteiger partial charge in [-0.25, -0.2) is 0 Å². The zero-order chi connectivity index (χ0) is 13.9. The minimum Gasteiger partial charge on any atom is -0.382 e. The van der Waals surface area contributed by atoms with Gasteiger partial charge in [-0.2, -0.15) is 0 Å². The van der Waals surface area contributed by atoms with E-state index in [1.807, 2.05) is 6.92 Å². The maximum Gasteiger partial charge on any atom is 0.166 e. The number of nitrogens with one attached hydrogen (secondary N) is 2. The van der Waals surface area contributed by atoms with Crippen LogP contribution in [0, 0.1) is 11.8 Å². The molecule has 0 aromatic rings. The molecule has 0 aromatic carbocycles. The minimum atomic E-state index is 0.795. The van der Waals surface area contributed by atoms with Crippen LogP contribution in [0.3, 0.4) is 0 Å². The third-order valence-electron chi connectivity index (χ3n) is 4.05. The molecule has 0 radical (unpaired) electrons. The van der Waals surface area contributed by atoms with Crippen LogP contribution in [0.4, 0.5) is 0 Å². The Balaban J connectivity index is 1.98. The third-order valence-corrected chi connectivity index (χ3v) is 4.34. The molecular weight excluding hydrogens is 256 g/mol. The van der Waals surface area contributed by atoms with Crippen LogP contribution in [-0.4, -0.2) is 31.4 Å². The molecule has 0 aromatic heterocycles. The van der Waals surface area contributed by atoms with E-state index < -0.39 is 0 Å². The highest BCUT2D eigenvalue weighted by Crippen LogP contribution is 2.29. The van der Waals surface area contributed by atoms with E-state index in [1.165, 1.54) is 32.1 Å². The highest BCUT2D eigenvalue weighted by molar-refractivity contribution is 7.80. The first-order chi connectivity index (χ1) is 9.26. The summed E-state index contributed by atoms with van der Waals surface area (Å²) in [5.41, 5.74) is 0. The maximum absolute atomic E-state index is 5.29. The lowest BCUT2D eigenvalue weighted by Gasteiger charge is -2.28. The molecule has 0 saturated heterocycles. The van der Waals surface area contributed by atoms with E-state index in [-0.39, 0.29) is 0 Å². The molecule has 112 valence electrons. The summed E-state index contributed by atoms with van der Waals surface area (Å²) in [4.78, 5) is 0. The molecule has 0 atom stereocenters. The first-order valence-corrected chi connectivity index (χ1v) is 8.26. The Labute approximate surface area is 123 Å². The van der Waals surface area contributed by atoms with Crippen LogP contribution in [-0.2, 0) is 4.74 Å². The van der Waals surface area contributed by atoms with Crippen molar-refractivity contribution in [2.24, 2.45) is 11.8 Å². The van der Waals surface area contributed by atoms with Gasteiger partial charge >= 0.3 is 0 Å². The summed E-state index contributed by atoms with van der Waals surface area (Å²) in [6, 6.07) is 0. The fourth-order valence-corrected chi connectivity index (χ4v) is 2.85. The molecule has 0 spiro atoms. The van der Waals surface area contributed by atoms with Crippen molar-refractivity contribution >= 4 is 17.3 Å². The number of rotatable bonds is 8. The van der Waals surface area contributed by atoms with E-state index in [0.717, 1.165) is 49.7 Å². The van der Waals surface area contributed by atoms with Crippen LogP contribution in [0.5, 0.6) is 0 Å².